The summed E-state index contributed by atoms with van der Waals surface area (Å²) in [5.74, 6) is 0. The monoisotopic (exact) mass is 244 g/mol. The van der Waals surface area contributed by atoms with Crippen LogP contribution in [0.15, 0.2) is 0 Å². The second kappa shape index (κ2) is 2.23. The predicted octanol–water partition coefficient (Wildman–Crippen LogP) is 1.60. The number of hydrogen-bond acceptors (Lipinski definition) is 3. The van der Waals surface area contributed by atoms with Gasteiger partial charge in [-0.1, -0.05) is 0 Å². The first-order valence-corrected chi connectivity index (χ1v) is 3.68. The molecule has 1 saturated heterocycles. The average molecular weight is 246 g/mol. The van der Waals surface area contributed by atoms with Crippen LogP contribution in [0.5, 0.6) is 0 Å². The van der Waals surface area contributed by atoms with Crippen molar-refractivity contribution in [2.24, 2.45) is 0 Å². The number of hydrogen-bond donors (Lipinski definition) is 0. The molecule has 0 aliphatic carbocycles. The van der Waals surface area contributed by atoms with Gasteiger partial charge in [0.05, 0.1) is 0 Å². The van der Waals surface area contributed by atoms with Crippen LogP contribution in [0.1, 0.15) is 0 Å². The fourth-order valence-electron chi connectivity index (χ4n) is 0.319. The van der Waals surface area contributed by atoms with Crippen molar-refractivity contribution in [2.75, 3.05) is 0 Å². The molecule has 0 aromatic rings. The average Bonchev–Trinajstić information content (AvgIpc) is 1.85. The van der Waals surface area contributed by atoms with E-state index in [9.17, 15) is 4.79 Å². The third-order valence-corrected chi connectivity index (χ3v) is 2.67. The smallest absolute Gasteiger partial charge is 0.414 e. The molecule has 0 amide bonds. The highest BCUT2D eigenvalue weighted by molar-refractivity contribution is 9.12. The molecular formula is C3H2Br2O3. The van der Waals surface area contributed by atoms with Crippen LogP contribution in [0.25, 0.3) is 0 Å². The first-order valence-electron chi connectivity index (χ1n) is 1.85. The molecule has 1 rings (SSSR count). The Kier molecular flexibility index (Phi) is 1.77. The Morgan fingerprint density at radius 3 is 1.75 bits per heavy atom. The third-order valence-electron chi connectivity index (χ3n) is 0.624. The summed E-state index contributed by atoms with van der Waals surface area (Å²) >= 11 is 6.06. The van der Waals surface area contributed by atoms with E-state index in [-0.39, 0.29) is 10.0 Å². The molecule has 3 nitrogen and oxygen atoms in total. The molecule has 2 atom stereocenters. The Morgan fingerprint density at radius 1 is 1.25 bits per heavy atom. The van der Waals surface area contributed by atoms with Crippen molar-refractivity contribution in [3.05, 3.63) is 0 Å². The summed E-state index contributed by atoms with van der Waals surface area (Å²) in [6.07, 6.45) is -0.645. The first kappa shape index (κ1) is 6.35. The summed E-state index contributed by atoms with van der Waals surface area (Å²) in [5, 5.41) is -0.704. The Hall–Kier alpha value is 0.230. The molecule has 0 saturated carbocycles. The molecular weight excluding hydrogens is 244 g/mol. The van der Waals surface area contributed by atoms with E-state index in [2.05, 4.69) is 41.3 Å². The fraction of sp³-hybridized carbons (Fsp3) is 0.667. The second-order valence-corrected chi connectivity index (χ2v) is 2.99. The lowest BCUT2D eigenvalue weighted by Crippen LogP contribution is -2.05. The number of rotatable bonds is 0. The molecule has 1 aliphatic heterocycles. The van der Waals surface area contributed by atoms with Crippen LogP contribution < -0.4 is 0 Å². The molecule has 1 aliphatic rings. The number of carbonyl (C=O) groups is 1. The lowest BCUT2D eigenvalue weighted by atomic mass is 10.8. The van der Waals surface area contributed by atoms with Gasteiger partial charge >= 0.3 is 6.16 Å². The maximum atomic E-state index is 10.2. The summed E-state index contributed by atoms with van der Waals surface area (Å²) in [4.78, 5) is 10.2. The molecule has 1 fully saturated rings. The zero-order valence-electron chi connectivity index (χ0n) is 3.64. The minimum atomic E-state index is -0.645. The predicted molar refractivity (Wildman–Crippen MR) is 33.0 cm³/mol. The van der Waals surface area contributed by atoms with E-state index in [4.69, 9.17) is 0 Å². The summed E-state index contributed by atoms with van der Waals surface area (Å²) in [6.45, 7) is 0. The molecule has 0 unspecified atom stereocenters. The second-order valence-electron chi connectivity index (χ2n) is 1.19. The van der Waals surface area contributed by atoms with Crippen LogP contribution in [-0.4, -0.2) is 16.2 Å². The van der Waals surface area contributed by atoms with Crippen molar-refractivity contribution in [2.45, 2.75) is 10.0 Å². The van der Waals surface area contributed by atoms with Gasteiger partial charge in [-0.05, 0) is 31.9 Å². The maximum absolute atomic E-state index is 10.2. The number of cyclic esters (lactones) is 2. The molecule has 5 heteroatoms. The third kappa shape index (κ3) is 1.14. The quantitative estimate of drug-likeness (QED) is 0.481. The Labute approximate surface area is 62.6 Å². The Morgan fingerprint density at radius 2 is 1.62 bits per heavy atom. The summed E-state index contributed by atoms with van der Waals surface area (Å²) in [5.41, 5.74) is 0. The van der Waals surface area contributed by atoms with Gasteiger partial charge in [-0.3, -0.25) is 0 Å². The van der Waals surface area contributed by atoms with Crippen LogP contribution in [-0.2, 0) is 9.47 Å². The van der Waals surface area contributed by atoms with Gasteiger partial charge in [-0.2, -0.15) is 0 Å². The van der Waals surface area contributed by atoms with Gasteiger partial charge in [0, 0.05) is 0 Å². The van der Waals surface area contributed by atoms with Crippen molar-refractivity contribution in [3.8, 4) is 0 Å². The topological polar surface area (TPSA) is 35.5 Å². The zero-order valence-corrected chi connectivity index (χ0v) is 6.81. The first-order chi connectivity index (χ1) is 3.70. The SMILES string of the molecule is O=C1O[C@@H](Br)[C@H](Br)O1. The van der Waals surface area contributed by atoms with Crippen LogP contribution in [0.4, 0.5) is 4.79 Å². The van der Waals surface area contributed by atoms with E-state index in [1.54, 1.807) is 0 Å². The van der Waals surface area contributed by atoms with E-state index in [0.717, 1.165) is 0 Å². The highest BCUT2D eigenvalue weighted by atomic mass is 79.9. The normalized spacial score (nSPS) is 36.5. The fourth-order valence-corrected chi connectivity index (χ4v) is 0.840. The number of ether oxygens (including phenoxy) is 2. The number of carbonyl (C=O) groups excluding carboxylic acids is 1. The van der Waals surface area contributed by atoms with Gasteiger partial charge in [0.25, 0.3) is 0 Å². The van der Waals surface area contributed by atoms with Crippen LogP contribution in [0.2, 0.25) is 0 Å². The van der Waals surface area contributed by atoms with E-state index in [1.165, 1.54) is 0 Å². The molecule has 1 heterocycles. The minimum absolute atomic E-state index is 0.352. The van der Waals surface area contributed by atoms with Gasteiger partial charge in [0.15, 0.2) is 0 Å². The lowest BCUT2D eigenvalue weighted by molar-refractivity contribution is 0.128. The summed E-state index contributed by atoms with van der Waals surface area (Å²) < 4.78 is 8.96. The van der Waals surface area contributed by atoms with Gasteiger partial charge in [0.1, 0.15) is 0 Å². The molecule has 46 valence electrons. The van der Waals surface area contributed by atoms with Gasteiger partial charge in [0.2, 0.25) is 10.0 Å². The summed E-state index contributed by atoms with van der Waals surface area (Å²) in [6, 6.07) is 0. The minimum Gasteiger partial charge on any atom is -0.414 e. The van der Waals surface area contributed by atoms with Gasteiger partial charge < -0.3 is 9.47 Å². The van der Waals surface area contributed by atoms with E-state index < -0.39 is 6.16 Å². The number of alkyl halides is 2. The van der Waals surface area contributed by atoms with Crippen LogP contribution in [0, 0.1) is 0 Å². The molecule has 0 spiro atoms. The van der Waals surface area contributed by atoms with Crippen molar-refractivity contribution in [1.29, 1.82) is 0 Å². The molecule has 0 aromatic heterocycles. The Bertz CT molecular complexity index is 103. The molecule has 0 bridgehead atoms. The van der Waals surface area contributed by atoms with Crippen molar-refractivity contribution < 1.29 is 14.3 Å². The van der Waals surface area contributed by atoms with Crippen molar-refractivity contribution in [3.63, 3.8) is 0 Å². The van der Waals surface area contributed by atoms with Gasteiger partial charge in [-0.25, -0.2) is 4.79 Å². The zero-order chi connectivity index (χ0) is 6.15. The van der Waals surface area contributed by atoms with E-state index in [0.29, 0.717) is 0 Å². The molecule has 0 radical (unpaired) electrons. The lowest BCUT2D eigenvalue weighted by Gasteiger charge is -1.96. The molecule has 0 N–H and O–H groups in total. The Balaban J connectivity index is 2.51. The standard InChI is InChI=1S/C3H2Br2O3/c4-1-2(5)8-3(6)7-1/h1-2H/t1-,2-/m1/s1. The van der Waals surface area contributed by atoms with Crippen LogP contribution >= 0.6 is 31.9 Å². The van der Waals surface area contributed by atoms with Gasteiger partial charge in [-0.15, -0.1) is 0 Å². The van der Waals surface area contributed by atoms with Crippen LogP contribution in [0.3, 0.4) is 0 Å². The maximum Gasteiger partial charge on any atom is 0.510 e. The van der Waals surface area contributed by atoms with Crippen molar-refractivity contribution in [1.82, 2.24) is 0 Å². The largest absolute Gasteiger partial charge is 0.510 e. The van der Waals surface area contributed by atoms with Crippen molar-refractivity contribution >= 4 is 38.0 Å². The van der Waals surface area contributed by atoms with E-state index >= 15 is 0 Å². The molecule has 8 heavy (non-hydrogen) atoms. The molecule has 0 aromatic carbocycles. The highest BCUT2D eigenvalue weighted by Crippen LogP contribution is 2.24. The number of halogens is 2. The summed E-state index contributed by atoms with van der Waals surface area (Å²) in [7, 11) is 0. The van der Waals surface area contributed by atoms with E-state index in [1.807, 2.05) is 0 Å². The highest BCUT2D eigenvalue weighted by Gasteiger charge is 2.31.